The van der Waals surface area contributed by atoms with Crippen LogP contribution in [0.1, 0.15) is 29.9 Å². The molecular weight excluding hydrogens is 498 g/mol. The molecule has 4 heterocycles. The molecule has 0 amide bonds. The number of H-pyrrole nitrogens is 1. The summed E-state index contributed by atoms with van der Waals surface area (Å²) in [5.41, 5.74) is 3.46. The maximum absolute atomic E-state index is 12.9. The highest BCUT2D eigenvalue weighted by atomic mass is 32.2. The SMILES string of the molecule is CCn1cnc2c1c(=O)[nH]c(=O)n2Cc1ccc(CCS(=O)(=O)c2ccc(C3=CC(C)=NC3)s2)cc1. The zero-order valence-corrected chi connectivity index (χ0v) is 21.5. The van der Waals surface area contributed by atoms with Crippen molar-refractivity contribution in [2.75, 3.05) is 12.3 Å². The highest BCUT2D eigenvalue weighted by molar-refractivity contribution is 7.93. The van der Waals surface area contributed by atoms with Crippen molar-refractivity contribution in [2.45, 2.75) is 37.6 Å². The van der Waals surface area contributed by atoms with E-state index in [1.165, 1.54) is 15.9 Å². The average Bonchev–Trinajstić information content (AvgIpc) is 3.60. The summed E-state index contributed by atoms with van der Waals surface area (Å²) in [6.07, 6.45) is 3.92. The topological polar surface area (TPSA) is 119 Å². The van der Waals surface area contributed by atoms with E-state index < -0.39 is 21.1 Å². The number of thiophene rings is 1. The van der Waals surface area contributed by atoms with E-state index >= 15 is 0 Å². The first kappa shape index (κ1) is 24.1. The van der Waals surface area contributed by atoms with Crippen LogP contribution in [-0.2, 0) is 29.3 Å². The normalized spacial score (nSPS) is 13.8. The molecule has 0 saturated heterocycles. The first-order chi connectivity index (χ1) is 17.2. The van der Waals surface area contributed by atoms with E-state index in [9.17, 15) is 18.0 Å². The molecule has 0 spiro atoms. The first-order valence-corrected chi connectivity index (χ1v) is 14.0. The van der Waals surface area contributed by atoms with Crippen LogP contribution in [-0.4, -0.2) is 45.5 Å². The van der Waals surface area contributed by atoms with Gasteiger partial charge in [-0.15, -0.1) is 11.3 Å². The molecular formula is C25H25N5O4S2. The van der Waals surface area contributed by atoms with Crippen molar-refractivity contribution in [1.29, 1.82) is 0 Å². The van der Waals surface area contributed by atoms with Gasteiger partial charge in [-0.25, -0.2) is 18.2 Å². The number of aliphatic imine (C=N–C) groups is 1. The van der Waals surface area contributed by atoms with Gasteiger partial charge in [0.25, 0.3) is 5.56 Å². The number of allylic oxidation sites excluding steroid dienone is 1. The Morgan fingerprint density at radius 3 is 2.53 bits per heavy atom. The Morgan fingerprint density at radius 1 is 1.08 bits per heavy atom. The highest BCUT2D eigenvalue weighted by Gasteiger charge is 2.19. The number of hydrogen-bond donors (Lipinski definition) is 1. The summed E-state index contributed by atoms with van der Waals surface area (Å²) in [6, 6.07) is 11.0. The standard InChI is InChI=1S/C25H25N5O4S2/c1-3-29-15-27-23-22(29)24(31)28-25(32)30(23)14-18-6-4-17(5-7-18)10-11-36(33,34)21-9-8-20(35-21)19-12-16(2)26-13-19/h4-9,12,15H,3,10-11,13-14H2,1-2H3,(H,28,31,32). The number of rotatable bonds is 8. The molecule has 0 fully saturated rings. The molecule has 0 radical (unpaired) electrons. The minimum atomic E-state index is -3.41. The Labute approximate surface area is 211 Å². The van der Waals surface area contributed by atoms with Crippen LogP contribution in [0.4, 0.5) is 0 Å². The predicted molar refractivity (Wildman–Crippen MR) is 142 cm³/mol. The van der Waals surface area contributed by atoms with Crippen LogP contribution in [0.5, 0.6) is 0 Å². The van der Waals surface area contributed by atoms with Gasteiger partial charge in [0.1, 0.15) is 4.21 Å². The third-order valence-electron chi connectivity index (χ3n) is 6.20. The van der Waals surface area contributed by atoms with Crippen molar-refractivity contribution in [3.8, 4) is 0 Å². The maximum Gasteiger partial charge on any atom is 0.330 e. The fourth-order valence-corrected chi connectivity index (χ4v) is 6.97. The maximum atomic E-state index is 12.9. The summed E-state index contributed by atoms with van der Waals surface area (Å²) in [5, 5.41) is 0. The second kappa shape index (κ2) is 9.47. The lowest BCUT2D eigenvalue weighted by atomic mass is 10.1. The van der Waals surface area contributed by atoms with Crippen LogP contribution >= 0.6 is 11.3 Å². The second-order valence-corrected chi connectivity index (χ2v) is 12.1. The number of aromatic amines is 1. The van der Waals surface area contributed by atoms with Crippen LogP contribution in [0, 0.1) is 0 Å². The number of hydrogen-bond acceptors (Lipinski definition) is 7. The van der Waals surface area contributed by atoms with E-state index in [0.717, 1.165) is 27.3 Å². The lowest BCUT2D eigenvalue weighted by Crippen LogP contribution is -2.31. The Balaban J connectivity index is 1.28. The quantitative estimate of drug-likeness (QED) is 0.381. The van der Waals surface area contributed by atoms with Crippen LogP contribution < -0.4 is 11.2 Å². The zero-order valence-electron chi connectivity index (χ0n) is 19.9. The third-order valence-corrected chi connectivity index (χ3v) is 9.66. The Hall–Kier alpha value is -3.57. The van der Waals surface area contributed by atoms with Crippen LogP contribution in [0.25, 0.3) is 16.7 Å². The molecule has 0 saturated carbocycles. The van der Waals surface area contributed by atoms with Gasteiger partial charge < -0.3 is 4.57 Å². The predicted octanol–water partition coefficient (Wildman–Crippen LogP) is 2.89. The summed E-state index contributed by atoms with van der Waals surface area (Å²) in [7, 11) is -3.41. The molecule has 3 aromatic heterocycles. The van der Waals surface area contributed by atoms with Gasteiger partial charge in [-0.2, -0.15) is 0 Å². The number of benzene rings is 1. The summed E-state index contributed by atoms with van der Waals surface area (Å²) in [4.78, 5) is 36.6. The molecule has 186 valence electrons. The molecule has 1 aromatic carbocycles. The van der Waals surface area contributed by atoms with Gasteiger partial charge in [-0.1, -0.05) is 24.3 Å². The van der Waals surface area contributed by atoms with E-state index in [4.69, 9.17) is 0 Å². The molecule has 0 atom stereocenters. The summed E-state index contributed by atoms with van der Waals surface area (Å²) < 4.78 is 29.3. The fourth-order valence-electron chi connectivity index (χ4n) is 4.22. The van der Waals surface area contributed by atoms with E-state index in [0.29, 0.717) is 34.9 Å². The molecule has 9 nitrogen and oxygen atoms in total. The third kappa shape index (κ3) is 4.63. The van der Waals surface area contributed by atoms with E-state index in [2.05, 4.69) is 15.0 Å². The Bertz CT molecular complexity index is 1740. The number of fused-ring (bicyclic) bond motifs is 1. The van der Waals surface area contributed by atoms with Crippen LogP contribution in [0.15, 0.2) is 67.6 Å². The van der Waals surface area contributed by atoms with Crippen molar-refractivity contribution in [1.82, 2.24) is 19.1 Å². The molecule has 11 heteroatoms. The summed E-state index contributed by atoms with van der Waals surface area (Å²) in [5.74, 6) is 0.00926. The van der Waals surface area contributed by atoms with E-state index in [-0.39, 0.29) is 12.3 Å². The minimum absolute atomic E-state index is 0.00926. The smallest absolute Gasteiger partial charge is 0.325 e. The molecule has 1 aliphatic rings. The Kier molecular flexibility index (Phi) is 6.35. The summed E-state index contributed by atoms with van der Waals surface area (Å²) >= 11 is 1.29. The number of imidazole rings is 1. The van der Waals surface area contributed by atoms with Gasteiger partial charge in [-0.3, -0.25) is 19.3 Å². The molecule has 0 unspecified atom stereocenters. The number of nitrogens with one attached hydrogen (secondary N) is 1. The number of sulfone groups is 1. The number of aryl methyl sites for hydroxylation is 2. The van der Waals surface area contributed by atoms with Crippen molar-refractivity contribution < 1.29 is 8.42 Å². The lowest BCUT2D eigenvalue weighted by Gasteiger charge is -2.08. The van der Waals surface area contributed by atoms with Gasteiger partial charge in [-0.05, 0) is 55.2 Å². The van der Waals surface area contributed by atoms with Gasteiger partial charge in [0.15, 0.2) is 21.0 Å². The number of aromatic nitrogens is 4. The summed E-state index contributed by atoms with van der Waals surface area (Å²) in [6.45, 7) is 5.23. The lowest BCUT2D eigenvalue weighted by molar-refractivity contribution is 0.597. The van der Waals surface area contributed by atoms with Gasteiger partial charge in [0, 0.05) is 17.1 Å². The van der Waals surface area contributed by atoms with Crippen molar-refractivity contribution >= 4 is 43.6 Å². The molecule has 0 aliphatic carbocycles. The average molecular weight is 524 g/mol. The zero-order chi connectivity index (χ0) is 25.4. The van der Waals surface area contributed by atoms with Gasteiger partial charge in [0.05, 0.1) is 25.2 Å². The molecule has 1 N–H and O–H groups in total. The Morgan fingerprint density at radius 2 is 1.83 bits per heavy atom. The fraction of sp³-hybridized carbons (Fsp3) is 0.280. The van der Waals surface area contributed by atoms with Crippen molar-refractivity contribution in [3.05, 3.63) is 85.6 Å². The van der Waals surface area contributed by atoms with Gasteiger partial charge >= 0.3 is 5.69 Å². The molecule has 1 aliphatic heterocycles. The van der Waals surface area contributed by atoms with Gasteiger partial charge in [0.2, 0.25) is 0 Å². The molecule has 36 heavy (non-hydrogen) atoms. The van der Waals surface area contributed by atoms with E-state index in [1.54, 1.807) is 17.0 Å². The largest absolute Gasteiger partial charge is 0.330 e. The molecule has 4 aromatic rings. The highest BCUT2D eigenvalue weighted by Crippen LogP contribution is 2.30. The minimum Gasteiger partial charge on any atom is -0.325 e. The number of nitrogens with zero attached hydrogens (tertiary/aromatic N) is 4. The molecule has 5 rings (SSSR count). The van der Waals surface area contributed by atoms with E-state index in [1.807, 2.05) is 50.3 Å². The van der Waals surface area contributed by atoms with Crippen LogP contribution in [0.2, 0.25) is 0 Å². The van der Waals surface area contributed by atoms with Crippen LogP contribution in [0.3, 0.4) is 0 Å². The molecule has 0 bridgehead atoms. The monoisotopic (exact) mass is 523 g/mol. The van der Waals surface area contributed by atoms with Crippen molar-refractivity contribution in [2.24, 2.45) is 4.99 Å². The van der Waals surface area contributed by atoms with Crippen molar-refractivity contribution in [3.63, 3.8) is 0 Å². The first-order valence-electron chi connectivity index (χ1n) is 11.6. The second-order valence-electron chi connectivity index (χ2n) is 8.68.